The molecule has 4 heteroatoms. The SMILES string of the molecule is c1ccc(-c2ccc3oc4ccc5c(c4c3c2)NC(c2ccc(-n3c4ccccc4c4ccccc43)cc2)S5)cc1. The predicted molar refractivity (Wildman–Crippen MR) is 172 cm³/mol. The van der Waals surface area contributed by atoms with Crippen LogP contribution in [0.25, 0.3) is 60.6 Å². The van der Waals surface area contributed by atoms with Gasteiger partial charge in [0.2, 0.25) is 0 Å². The molecule has 0 radical (unpaired) electrons. The zero-order chi connectivity index (χ0) is 26.9. The lowest BCUT2D eigenvalue weighted by molar-refractivity contribution is 0.669. The van der Waals surface area contributed by atoms with Crippen molar-refractivity contribution in [3.63, 3.8) is 0 Å². The van der Waals surface area contributed by atoms with Crippen molar-refractivity contribution in [2.24, 2.45) is 0 Å². The van der Waals surface area contributed by atoms with Gasteiger partial charge in [0.05, 0.1) is 22.1 Å². The molecule has 3 nitrogen and oxygen atoms in total. The van der Waals surface area contributed by atoms with Crippen molar-refractivity contribution in [1.29, 1.82) is 0 Å². The minimum Gasteiger partial charge on any atom is -0.456 e. The largest absolute Gasteiger partial charge is 0.456 e. The van der Waals surface area contributed by atoms with Crippen molar-refractivity contribution in [3.8, 4) is 16.8 Å². The molecular formula is C37H24N2OS. The van der Waals surface area contributed by atoms with Gasteiger partial charge in [-0.1, -0.05) is 96.7 Å². The summed E-state index contributed by atoms with van der Waals surface area (Å²) in [5, 5.41) is 8.84. The van der Waals surface area contributed by atoms with Crippen molar-refractivity contribution in [2.45, 2.75) is 10.3 Å². The molecular weight excluding hydrogens is 520 g/mol. The predicted octanol–water partition coefficient (Wildman–Crippen LogP) is 10.6. The number of anilines is 1. The lowest BCUT2D eigenvalue weighted by Crippen LogP contribution is -2.02. The topological polar surface area (TPSA) is 30.1 Å². The second-order valence-corrected chi connectivity index (χ2v) is 11.7. The molecule has 0 saturated heterocycles. The van der Waals surface area contributed by atoms with Gasteiger partial charge in [0.25, 0.3) is 0 Å². The van der Waals surface area contributed by atoms with Gasteiger partial charge in [-0.2, -0.15) is 0 Å². The summed E-state index contributed by atoms with van der Waals surface area (Å²) >= 11 is 1.87. The van der Waals surface area contributed by atoms with Gasteiger partial charge in [-0.05, 0) is 65.2 Å². The highest BCUT2D eigenvalue weighted by molar-refractivity contribution is 8.00. The highest BCUT2D eigenvalue weighted by Gasteiger charge is 2.27. The Hall–Kier alpha value is -4.93. The second-order valence-electron chi connectivity index (χ2n) is 10.6. The number of benzene rings is 6. The molecule has 1 aliphatic rings. The van der Waals surface area contributed by atoms with E-state index in [1.807, 2.05) is 11.8 Å². The third-order valence-electron chi connectivity index (χ3n) is 8.26. The molecule has 6 aromatic carbocycles. The van der Waals surface area contributed by atoms with Crippen LogP contribution >= 0.6 is 11.8 Å². The molecule has 0 fully saturated rings. The molecule has 1 aliphatic heterocycles. The number of hydrogen-bond donors (Lipinski definition) is 1. The summed E-state index contributed by atoms with van der Waals surface area (Å²) in [6.45, 7) is 0. The van der Waals surface area contributed by atoms with Crippen LogP contribution in [0.1, 0.15) is 10.9 Å². The Bertz CT molecular complexity index is 2210. The van der Waals surface area contributed by atoms with Gasteiger partial charge in [0, 0.05) is 26.7 Å². The highest BCUT2D eigenvalue weighted by atomic mass is 32.2. The third-order valence-corrected chi connectivity index (χ3v) is 9.48. The van der Waals surface area contributed by atoms with Crippen molar-refractivity contribution >= 4 is 61.2 Å². The number of furan rings is 1. The molecule has 0 saturated carbocycles. The maximum absolute atomic E-state index is 6.28. The number of nitrogens with zero attached hydrogens (tertiary/aromatic N) is 1. The summed E-state index contributed by atoms with van der Waals surface area (Å²) in [4.78, 5) is 1.25. The molecule has 194 valence electrons. The summed E-state index contributed by atoms with van der Waals surface area (Å²) in [5.41, 5.74) is 10.3. The van der Waals surface area contributed by atoms with Gasteiger partial charge >= 0.3 is 0 Å². The van der Waals surface area contributed by atoms with E-state index in [9.17, 15) is 0 Å². The van der Waals surface area contributed by atoms with Crippen molar-refractivity contribution in [1.82, 2.24) is 4.57 Å². The maximum Gasteiger partial charge on any atom is 0.137 e. The van der Waals surface area contributed by atoms with Crippen LogP contribution in [0.2, 0.25) is 0 Å². The number of para-hydroxylation sites is 2. The Morgan fingerprint density at radius 3 is 2.02 bits per heavy atom. The van der Waals surface area contributed by atoms with E-state index in [0.717, 1.165) is 27.6 Å². The van der Waals surface area contributed by atoms with Gasteiger partial charge in [0.1, 0.15) is 16.5 Å². The van der Waals surface area contributed by atoms with E-state index in [1.54, 1.807) is 0 Å². The number of hydrogen-bond acceptors (Lipinski definition) is 3. The first kappa shape index (κ1) is 22.8. The Labute approximate surface area is 241 Å². The fraction of sp³-hybridized carbons (Fsp3) is 0.0270. The third kappa shape index (κ3) is 3.47. The molecule has 1 atom stereocenters. The first-order valence-corrected chi connectivity index (χ1v) is 14.8. The zero-order valence-corrected chi connectivity index (χ0v) is 22.9. The summed E-state index contributed by atoms with van der Waals surface area (Å²) < 4.78 is 8.65. The van der Waals surface area contributed by atoms with Gasteiger partial charge in [-0.3, -0.25) is 0 Å². The summed E-state index contributed by atoms with van der Waals surface area (Å²) in [6, 6.07) is 47.6. The summed E-state index contributed by atoms with van der Waals surface area (Å²) in [5.74, 6) is 0. The molecule has 1 N–H and O–H groups in total. The van der Waals surface area contributed by atoms with E-state index in [2.05, 4.69) is 143 Å². The Kier molecular flexibility index (Phi) is 4.89. The minimum atomic E-state index is 0.130. The van der Waals surface area contributed by atoms with Crippen LogP contribution < -0.4 is 5.32 Å². The molecule has 3 heterocycles. The van der Waals surface area contributed by atoms with Gasteiger partial charge in [-0.15, -0.1) is 0 Å². The van der Waals surface area contributed by atoms with Crippen LogP contribution in [0.15, 0.2) is 143 Å². The Morgan fingerprint density at radius 1 is 0.585 bits per heavy atom. The van der Waals surface area contributed by atoms with Crippen molar-refractivity contribution in [2.75, 3.05) is 5.32 Å². The van der Waals surface area contributed by atoms with E-state index in [0.29, 0.717) is 0 Å². The lowest BCUT2D eigenvalue weighted by Gasteiger charge is -2.13. The number of nitrogens with one attached hydrogen (secondary N) is 1. The molecule has 9 rings (SSSR count). The lowest BCUT2D eigenvalue weighted by atomic mass is 10.0. The van der Waals surface area contributed by atoms with E-state index in [-0.39, 0.29) is 5.37 Å². The quantitative estimate of drug-likeness (QED) is 0.240. The first-order valence-electron chi connectivity index (χ1n) is 13.9. The number of fused-ring (bicyclic) bond motifs is 8. The molecule has 0 bridgehead atoms. The fourth-order valence-electron chi connectivity index (χ4n) is 6.34. The van der Waals surface area contributed by atoms with Gasteiger partial charge < -0.3 is 14.3 Å². The highest BCUT2D eigenvalue weighted by Crippen LogP contribution is 2.51. The molecule has 1 unspecified atom stereocenters. The monoisotopic (exact) mass is 544 g/mol. The van der Waals surface area contributed by atoms with Gasteiger partial charge in [-0.25, -0.2) is 0 Å². The first-order chi connectivity index (χ1) is 20.3. The number of thioether (sulfide) groups is 1. The maximum atomic E-state index is 6.28. The minimum absolute atomic E-state index is 0.130. The molecule has 2 aromatic heterocycles. The van der Waals surface area contributed by atoms with E-state index in [1.165, 1.54) is 49.1 Å². The number of rotatable bonds is 3. The zero-order valence-electron chi connectivity index (χ0n) is 22.0. The second kappa shape index (κ2) is 8.79. The van der Waals surface area contributed by atoms with Crippen LogP contribution in [0, 0.1) is 0 Å². The average molecular weight is 545 g/mol. The normalized spacial score (nSPS) is 14.7. The molecule has 41 heavy (non-hydrogen) atoms. The summed E-state index contributed by atoms with van der Waals surface area (Å²) in [7, 11) is 0. The molecule has 0 amide bonds. The molecule has 8 aromatic rings. The fourth-order valence-corrected chi connectivity index (χ4v) is 7.49. The Balaban J connectivity index is 1.10. The van der Waals surface area contributed by atoms with E-state index < -0.39 is 0 Å². The van der Waals surface area contributed by atoms with Gasteiger partial charge in [0.15, 0.2) is 0 Å². The van der Waals surface area contributed by atoms with Crippen molar-refractivity contribution in [3.05, 3.63) is 139 Å². The molecule has 0 spiro atoms. The van der Waals surface area contributed by atoms with Crippen LogP contribution in [-0.2, 0) is 0 Å². The average Bonchev–Trinajstić information content (AvgIpc) is 3.73. The van der Waals surface area contributed by atoms with Crippen molar-refractivity contribution < 1.29 is 4.42 Å². The van der Waals surface area contributed by atoms with Crippen LogP contribution in [-0.4, -0.2) is 4.57 Å². The standard InChI is InChI=1S/C37H24N2OS/c1-2-8-23(9-3-1)25-16-19-32-29(22-25)35-33(40-32)20-21-34-36(35)38-37(41-34)24-14-17-26(18-15-24)39-30-12-6-4-10-27(30)28-11-5-7-13-31(28)39/h1-22,37-38H. The summed E-state index contributed by atoms with van der Waals surface area (Å²) in [6.07, 6.45) is 0. The van der Waals surface area contributed by atoms with Crippen LogP contribution in [0.3, 0.4) is 0 Å². The smallest absolute Gasteiger partial charge is 0.137 e. The van der Waals surface area contributed by atoms with E-state index in [4.69, 9.17) is 4.42 Å². The number of aromatic nitrogens is 1. The van der Waals surface area contributed by atoms with Crippen LogP contribution in [0.4, 0.5) is 5.69 Å². The Morgan fingerprint density at radius 2 is 1.27 bits per heavy atom. The van der Waals surface area contributed by atoms with Crippen LogP contribution in [0.5, 0.6) is 0 Å². The van der Waals surface area contributed by atoms with E-state index >= 15 is 0 Å². The molecule has 0 aliphatic carbocycles.